The molecule has 6 nitrogen and oxygen atoms in total. The number of benzene rings is 2. The van der Waals surface area contributed by atoms with Crippen molar-refractivity contribution in [2.45, 2.75) is 18.2 Å². The summed E-state index contributed by atoms with van der Waals surface area (Å²) in [5.41, 5.74) is 0.0543. The number of rotatable bonds is 7. The van der Waals surface area contributed by atoms with E-state index in [0.29, 0.717) is 6.61 Å². The van der Waals surface area contributed by atoms with Crippen LogP contribution in [0, 0.1) is 0 Å². The van der Waals surface area contributed by atoms with Gasteiger partial charge in [0, 0.05) is 4.47 Å². The number of hydrogen-bond donors (Lipinski definition) is 2. The number of anilines is 1. The van der Waals surface area contributed by atoms with Crippen LogP contribution in [0.2, 0.25) is 0 Å². The van der Waals surface area contributed by atoms with Crippen LogP contribution in [0.4, 0.5) is 5.69 Å². The molecule has 0 aliphatic carbocycles. The summed E-state index contributed by atoms with van der Waals surface area (Å²) in [6, 6.07) is 10.2. The minimum absolute atomic E-state index is 0.0349. The monoisotopic (exact) mass is 413 g/mol. The van der Waals surface area contributed by atoms with Crippen molar-refractivity contribution in [3.05, 3.63) is 52.5 Å². The lowest BCUT2D eigenvalue weighted by molar-refractivity contribution is 0.0697. The normalized spacial score (nSPS) is 11.1. The molecule has 0 bridgehead atoms. The third-order valence-electron chi connectivity index (χ3n) is 3.06. The minimum atomic E-state index is -3.86. The van der Waals surface area contributed by atoms with Crippen LogP contribution in [-0.4, -0.2) is 26.1 Å². The number of carboxylic acids is 1. The van der Waals surface area contributed by atoms with E-state index in [2.05, 4.69) is 20.7 Å². The van der Waals surface area contributed by atoms with E-state index >= 15 is 0 Å². The summed E-state index contributed by atoms with van der Waals surface area (Å²) in [6.07, 6.45) is 0.736. The van der Waals surface area contributed by atoms with Crippen molar-refractivity contribution in [3.8, 4) is 5.75 Å². The van der Waals surface area contributed by atoms with Crippen LogP contribution in [0.1, 0.15) is 23.7 Å². The molecule has 0 fully saturated rings. The first-order valence-electron chi connectivity index (χ1n) is 7.12. The zero-order chi connectivity index (χ0) is 17.7. The zero-order valence-corrected chi connectivity index (χ0v) is 15.2. The number of carboxylic acid groups (broad SMARTS) is 1. The number of sulfonamides is 1. The molecule has 0 spiro atoms. The number of hydrogen-bond acceptors (Lipinski definition) is 4. The van der Waals surface area contributed by atoms with Crippen LogP contribution >= 0.6 is 15.9 Å². The first-order valence-corrected chi connectivity index (χ1v) is 9.39. The molecule has 0 atom stereocenters. The van der Waals surface area contributed by atoms with Crippen LogP contribution in [0.25, 0.3) is 0 Å². The highest BCUT2D eigenvalue weighted by molar-refractivity contribution is 9.10. The smallest absolute Gasteiger partial charge is 0.335 e. The van der Waals surface area contributed by atoms with Crippen molar-refractivity contribution in [2.75, 3.05) is 11.3 Å². The third-order valence-corrected chi connectivity index (χ3v) is 4.97. The quantitative estimate of drug-likeness (QED) is 0.720. The average molecular weight is 414 g/mol. The van der Waals surface area contributed by atoms with Crippen molar-refractivity contribution >= 4 is 37.6 Å². The van der Waals surface area contributed by atoms with Gasteiger partial charge in [0.15, 0.2) is 0 Å². The van der Waals surface area contributed by atoms with Crippen molar-refractivity contribution in [1.29, 1.82) is 0 Å². The second-order valence-corrected chi connectivity index (χ2v) is 7.52. The van der Waals surface area contributed by atoms with Crippen LogP contribution < -0.4 is 9.46 Å². The van der Waals surface area contributed by atoms with Crippen LogP contribution in [0.15, 0.2) is 51.8 Å². The fraction of sp³-hybridized carbons (Fsp3) is 0.188. The molecule has 0 heterocycles. The van der Waals surface area contributed by atoms with Crippen molar-refractivity contribution in [2.24, 2.45) is 0 Å². The van der Waals surface area contributed by atoms with Gasteiger partial charge in [-0.3, -0.25) is 4.72 Å². The zero-order valence-electron chi connectivity index (χ0n) is 12.8. The van der Waals surface area contributed by atoms with E-state index in [9.17, 15) is 13.2 Å². The highest BCUT2D eigenvalue weighted by atomic mass is 79.9. The van der Waals surface area contributed by atoms with E-state index in [1.54, 1.807) is 12.1 Å². The number of carbonyl (C=O) groups is 1. The van der Waals surface area contributed by atoms with E-state index in [4.69, 9.17) is 9.84 Å². The summed E-state index contributed by atoms with van der Waals surface area (Å²) in [5, 5.41) is 9.10. The Balaban J connectivity index is 2.39. The van der Waals surface area contributed by atoms with Crippen LogP contribution in [0.5, 0.6) is 5.75 Å². The molecule has 0 unspecified atom stereocenters. The number of halogens is 1. The Bertz CT molecular complexity index is 834. The van der Waals surface area contributed by atoms with E-state index in [1.165, 1.54) is 30.3 Å². The van der Waals surface area contributed by atoms with E-state index in [1.807, 2.05) is 6.92 Å². The van der Waals surface area contributed by atoms with Crippen molar-refractivity contribution in [3.63, 3.8) is 0 Å². The molecule has 0 aliphatic rings. The average Bonchev–Trinajstić information content (AvgIpc) is 2.53. The van der Waals surface area contributed by atoms with Gasteiger partial charge in [-0.2, -0.15) is 0 Å². The maximum absolute atomic E-state index is 12.5. The van der Waals surface area contributed by atoms with E-state index in [-0.39, 0.29) is 21.9 Å². The fourth-order valence-corrected chi connectivity index (χ4v) is 3.22. The first kappa shape index (κ1) is 18.3. The van der Waals surface area contributed by atoms with Gasteiger partial charge in [-0.1, -0.05) is 22.9 Å². The van der Waals surface area contributed by atoms with Gasteiger partial charge in [-0.25, -0.2) is 13.2 Å². The van der Waals surface area contributed by atoms with Gasteiger partial charge in [0.1, 0.15) is 5.75 Å². The number of nitrogens with one attached hydrogen (secondary N) is 1. The molecule has 128 valence electrons. The van der Waals surface area contributed by atoms with Gasteiger partial charge in [0.25, 0.3) is 10.0 Å². The maximum Gasteiger partial charge on any atom is 0.335 e. The predicted octanol–water partition coefficient (Wildman–Crippen LogP) is 3.74. The Hall–Kier alpha value is -2.06. The molecule has 0 radical (unpaired) electrons. The van der Waals surface area contributed by atoms with Gasteiger partial charge >= 0.3 is 5.97 Å². The van der Waals surface area contributed by atoms with Crippen LogP contribution in [-0.2, 0) is 10.0 Å². The molecule has 0 aromatic heterocycles. The van der Waals surface area contributed by atoms with E-state index < -0.39 is 16.0 Å². The molecule has 8 heteroatoms. The van der Waals surface area contributed by atoms with E-state index in [0.717, 1.165) is 10.9 Å². The Morgan fingerprint density at radius 3 is 2.46 bits per heavy atom. The Morgan fingerprint density at radius 2 is 1.88 bits per heavy atom. The topological polar surface area (TPSA) is 92.7 Å². The molecule has 0 saturated carbocycles. The molecule has 0 amide bonds. The maximum atomic E-state index is 12.5. The molecule has 2 aromatic rings. The summed E-state index contributed by atoms with van der Waals surface area (Å²) < 4.78 is 33.6. The summed E-state index contributed by atoms with van der Waals surface area (Å²) >= 11 is 3.24. The SMILES string of the molecule is CCCOc1ccc(C(=O)O)cc1NS(=O)(=O)c1ccc(Br)cc1. The van der Waals surface area contributed by atoms with Crippen molar-refractivity contribution < 1.29 is 23.1 Å². The molecule has 0 saturated heterocycles. The molecular formula is C16H16BrNO5S. The summed E-state index contributed by atoms with van der Waals surface area (Å²) in [5.74, 6) is -0.872. The molecule has 2 N–H and O–H groups in total. The lowest BCUT2D eigenvalue weighted by Crippen LogP contribution is -2.14. The standard InChI is InChI=1S/C16H16BrNO5S/c1-2-9-23-15-8-3-11(16(19)20)10-14(15)18-24(21,22)13-6-4-12(17)5-7-13/h3-8,10,18H,2,9H2,1H3,(H,19,20). The first-order chi connectivity index (χ1) is 11.3. The highest BCUT2D eigenvalue weighted by Crippen LogP contribution is 2.29. The molecule has 24 heavy (non-hydrogen) atoms. The van der Waals surface area contributed by atoms with Gasteiger partial charge < -0.3 is 9.84 Å². The van der Waals surface area contributed by atoms with Crippen molar-refractivity contribution in [1.82, 2.24) is 0 Å². The molecule has 0 aliphatic heterocycles. The second-order valence-electron chi connectivity index (χ2n) is 4.92. The Kier molecular flexibility index (Phi) is 5.84. The Labute approximate surface area is 148 Å². The predicted molar refractivity (Wildman–Crippen MR) is 94.1 cm³/mol. The summed E-state index contributed by atoms with van der Waals surface area (Å²) in [6.45, 7) is 2.30. The largest absolute Gasteiger partial charge is 0.491 e. The lowest BCUT2D eigenvalue weighted by atomic mass is 10.2. The molecule has 2 rings (SSSR count). The van der Waals surface area contributed by atoms with Crippen LogP contribution in [0.3, 0.4) is 0 Å². The van der Waals surface area contributed by atoms with Gasteiger partial charge in [-0.05, 0) is 48.9 Å². The summed E-state index contributed by atoms with van der Waals surface area (Å²) in [7, 11) is -3.86. The molecule has 2 aromatic carbocycles. The molecular weight excluding hydrogens is 398 g/mol. The number of ether oxygens (including phenoxy) is 1. The van der Waals surface area contributed by atoms with Gasteiger partial charge in [0.05, 0.1) is 22.8 Å². The highest BCUT2D eigenvalue weighted by Gasteiger charge is 2.18. The van der Waals surface area contributed by atoms with Gasteiger partial charge in [-0.15, -0.1) is 0 Å². The fourth-order valence-electron chi connectivity index (χ4n) is 1.90. The lowest BCUT2D eigenvalue weighted by Gasteiger charge is -2.14. The minimum Gasteiger partial charge on any atom is -0.491 e. The second kappa shape index (κ2) is 7.67. The van der Waals surface area contributed by atoms with Gasteiger partial charge in [0.2, 0.25) is 0 Å². The third kappa shape index (κ3) is 4.48. The Morgan fingerprint density at radius 1 is 1.21 bits per heavy atom. The summed E-state index contributed by atoms with van der Waals surface area (Å²) in [4.78, 5) is 11.2. The number of aromatic carboxylic acids is 1.